The molecule has 5 atom stereocenters. The van der Waals surface area contributed by atoms with Gasteiger partial charge < -0.3 is 11.1 Å². The van der Waals surface area contributed by atoms with Crippen molar-refractivity contribution in [2.24, 2.45) is 28.9 Å². The van der Waals surface area contributed by atoms with Crippen LogP contribution in [0.1, 0.15) is 89.9 Å². The summed E-state index contributed by atoms with van der Waals surface area (Å²) >= 11 is 6.08. The lowest BCUT2D eigenvalue weighted by Crippen LogP contribution is -2.41. The summed E-state index contributed by atoms with van der Waals surface area (Å²) in [6.07, 6.45) is 14.0. The van der Waals surface area contributed by atoms with Gasteiger partial charge in [-0.3, -0.25) is 4.79 Å². The van der Waals surface area contributed by atoms with Gasteiger partial charge in [-0.1, -0.05) is 37.0 Å². The maximum atomic E-state index is 13.6. The van der Waals surface area contributed by atoms with Crippen LogP contribution in [0.2, 0.25) is 0 Å². The van der Waals surface area contributed by atoms with Crippen molar-refractivity contribution in [3.05, 3.63) is 46.9 Å². The zero-order valence-electron chi connectivity index (χ0n) is 22.8. The van der Waals surface area contributed by atoms with Crippen LogP contribution in [0.5, 0.6) is 0 Å². The zero-order chi connectivity index (χ0) is 28.0. The van der Waals surface area contributed by atoms with Crippen LogP contribution in [-0.2, 0) is 4.79 Å². The van der Waals surface area contributed by atoms with Gasteiger partial charge in [0.25, 0.3) is 0 Å². The third-order valence-corrected chi connectivity index (χ3v) is 9.83. The van der Waals surface area contributed by atoms with E-state index in [1.54, 1.807) is 6.08 Å². The predicted octanol–water partition coefficient (Wildman–Crippen LogP) is 8.21. The van der Waals surface area contributed by atoms with Crippen LogP contribution in [0.15, 0.2) is 46.9 Å². The Morgan fingerprint density at radius 2 is 1.87 bits per heavy atom. The normalized spacial score (nSPS) is 32.4. The van der Waals surface area contributed by atoms with Gasteiger partial charge >= 0.3 is 6.18 Å². The highest BCUT2D eigenvalue weighted by atomic mass is 35.5. The summed E-state index contributed by atoms with van der Waals surface area (Å²) in [6, 6.07) is 0. The number of carbonyl (C=O) groups excluding carboxylic acids is 1. The molecule has 2 saturated carbocycles. The molecule has 5 unspecified atom stereocenters. The number of allylic oxidation sites excluding steroid dienone is 7. The maximum absolute atomic E-state index is 13.6. The van der Waals surface area contributed by atoms with E-state index >= 15 is 0 Å². The van der Waals surface area contributed by atoms with Gasteiger partial charge in [-0.15, -0.1) is 11.6 Å². The molecular formula is C31H43ClF4N2O. The first-order chi connectivity index (χ1) is 18.6. The molecule has 0 saturated heterocycles. The minimum Gasteiger partial charge on any atom is -0.352 e. The molecule has 0 heterocycles. The van der Waals surface area contributed by atoms with Gasteiger partial charge in [0.15, 0.2) is 0 Å². The maximum Gasteiger partial charge on any atom is 0.416 e. The lowest BCUT2D eigenvalue weighted by Gasteiger charge is -2.33. The Morgan fingerprint density at radius 3 is 2.59 bits per heavy atom. The molecule has 8 heteroatoms. The van der Waals surface area contributed by atoms with E-state index in [2.05, 4.69) is 5.32 Å². The molecule has 0 aromatic heterocycles. The van der Waals surface area contributed by atoms with Crippen LogP contribution in [0.4, 0.5) is 17.6 Å². The monoisotopic (exact) mass is 570 g/mol. The van der Waals surface area contributed by atoms with Gasteiger partial charge in [0, 0.05) is 18.4 Å². The van der Waals surface area contributed by atoms with Crippen LogP contribution < -0.4 is 11.1 Å². The summed E-state index contributed by atoms with van der Waals surface area (Å²) in [6.45, 7) is 0.591. The topological polar surface area (TPSA) is 55.1 Å². The van der Waals surface area contributed by atoms with Gasteiger partial charge in [-0.25, -0.2) is 4.39 Å². The SMILES string of the molecule is NCCCC1(C(=O)NCC2=CC(C(F)(F)F)=CC(Cl)C2)CCC(C2CCCCC(C3=CC=C(F)CC3)CC2)C1. The van der Waals surface area contributed by atoms with Crippen molar-refractivity contribution in [2.75, 3.05) is 13.1 Å². The Hall–Kier alpha value is -1.60. The Labute approximate surface area is 235 Å². The molecular weight excluding hydrogens is 528 g/mol. The molecule has 4 aliphatic rings. The van der Waals surface area contributed by atoms with Crippen molar-refractivity contribution in [3.8, 4) is 0 Å². The number of carbonyl (C=O) groups is 1. The predicted molar refractivity (Wildman–Crippen MR) is 149 cm³/mol. The highest BCUT2D eigenvalue weighted by molar-refractivity contribution is 6.22. The van der Waals surface area contributed by atoms with Gasteiger partial charge in [0.2, 0.25) is 5.91 Å². The highest BCUT2D eigenvalue weighted by Crippen LogP contribution is 2.51. The van der Waals surface area contributed by atoms with Crippen molar-refractivity contribution in [3.63, 3.8) is 0 Å². The summed E-state index contributed by atoms with van der Waals surface area (Å²) in [5.41, 5.74) is 6.46. The van der Waals surface area contributed by atoms with E-state index in [0.717, 1.165) is 57.1 Å². The molecule has 0 aliphatic heterocycles. The number of hydrogen-bond acceptors (Lipinski definition) is 2. The van der Waals surface area contributed by atoms with Gasteiger partial charge in [0.1, 0.15) is 5.83 Å². The minimum atomic E-state index is -4.46. The summed E-state index contributed by atoms with van der Waals surface area (Å²) in [7, 11) is 0. The van der Waals surface area contributed by atoms with E-state index in [4.69, 9.17) is 17.3 Å². The summed E-state index contributed by atoms with van der Waals surface area (Å²) in [4.78, 5) is 13.6. The molecule has 1 amide bonds. The molecule has 3 N–H and O–H groups in total. The molecule has 218 valence electrons. The quantitative estimate of drug-likeness (QED) is 0.228. The largest absolute Gasteiger partial charge is 0.416 e. The Morgan fingerprint density at radius 1 is 1.08 bits per heavy atom. The smallest absolute Gasteiger partial charge is 0.352 e. The number of nitrogens with one attached hydrogen (secondary N) is 1. The van der Waals surface area contributed by atoms with Gasteiger partial charge in [0.05, 0.1) is 11.0 Å². The number of alkyl halides is 4. The molecule has 4 aliphatic carbocycles. The summed E-state index contributed by atoms with van der Waals surface area (Å²) < 4.78 is 53.3. The lowest BCUT2D eigenvalue weighted by atomic mass is 9.73. The fourth-order valence-electron chi connectivity index (χ4n) is 7.38. The molecule has 3 nitrogen and oxygen atoms in total. The first-order valence-corrected chi connectivity index (χ1v) is 15.2. The second kappa shape index (κ2) is 13.4. The third-order valence-electron chi connectivity index (χ3n) is 9.55. The number of rotatable bonds is 8. The Balaban J connectivity index is 1.39. The van der Waals surface area contributed by atoms with E-state index in [9.17, 15) is 22.4 Å². The first-order valence-electron chi connectivity index (χ1n) is 14.8. The van der Waals surface area contributed by atoms with Crippen LogP contribution in [0, 0.1) is 23.2 Å². The molecule has 39 heavy (non-hydrogen) atoms. The third kappa shape index (κ3) is 8.00. The molecule has 4 rings (SSSR count). The van der Waals surface area contributed by atoms with Crippen molar-refractivity contribution >= 4 is 17.5 Å². The average Bonchev–Trinajstić information content (AvgIpc) is 3.31. The van der Waals surface area contributed by atoms with Crippen molar-refractivity contribution in [2.45, 2.75) is 101 Å². The Kier molecular flexibility index (Phi) is 10.4. The standard InChI is InChI=1S/C31H43ClF4N2O/c32-27-17-21(16-26(18-27)31(34,35)36)20-38-29(39)30(13-3-15-37)14-12-25(19-30)23-5-2-1-4-22(6-7-23)24-8-10-28(33)11-9-24/h8,10,16,18,22-23,25,27H,1-7,9,11-15,17,19-20,37H2,(H,38,39). The van der Waals surface area contributed by atoms with Crippen LogP contribution >= 0.6 is 11.6 Å². The van der Waals surface area contributed by atoms with Crippen molar-refractivity contribution < 1.29 is 22.4 Å². The number of hydrogen-bond donors (Lipinski definition) is 2. The van der Waals surface area contributed by atoms with E-state index in [-0.39, 0.29) is 18.3 Å². The second-order valence-electron chi connectivity index (χ2n) is 12.2. The molecule has 2 fully saturated rings. The molecule has 0 bridgehead atoms. The molecule has 0 aromatic rings. The molecule has 0 radical (unpaired) electrons. The minimum absolute atomic E-state index is 0.0277. The van der Waals surface area contributed by atoms with E-state index in [0.29, 0.717) is 49.1 Å². The second-order valence-corrected chi connectivity index (χ2v) is 12.7. The molecule has 0 spiro atoms. The Bertz CT molecular complexity index is 1000. The lowest BCUT2D eigenvalue weighted by molar-refractivity contribution is -0.131. The van der Waals surface area contributed by atoms with Crippen LogP contribution in [0.3, 0.4) is 0 Å². The molecule has 0 aromatic carbocycles. The first kappa shape index (κ1) is 30.4. The number of halogens is 5. The average molecular weight is 571 g/mol. The highest BCUT2D eigenvalue weighted by Gasteiger charge is 2.46. The number of nitrogens with two attached hydrogens (primary N) is 1. The van der Waals surface area contributed by atoms with Gasteiger partial charge in [-0.2, -0.15) is 13.2 Å². The summed E-state index contributed by atoms with van der Waals surface area (Å²) in [5, 5.41) is 2.26. The van der Waals surface area contributed by atoms with Crippen molar-refractivity contribution in [1.82, 2.24) is 5.32 Å². The van der Waals surface area contributed by atoms with E-state index in [1.807, 2.05) is 6.08 Å². The zero-order valence-corrected chi connectivity index (χ0v) is 23.6. The van der Waals surface area contributed by atoms with E-state index < -0.39 is 22.5 Å². The van der Waals surface area contributed by atoms with Crippen LogP contribution in [0.25, 0.3) is 0 Å². The van der Waals surface area contributed by atoms with Crippen molar-refractivity contribution in [1.29, 1.82) is 0 Å². The van der Waals surface area contributed by atoms with Gasteiger partial charge in [-0.05, 0) is 106 Å². The fourth-order valence-corrected chi connectivity index (χ4v) is 7.71. The van der Waals surface area contributed by atoms with Crippen LogP contribution in [-0.4, -0.2) is 30.6 Å². The fraction of sp³-hybridized carbons (Fsp3) is 0.710. The van der Waals surface area contributed by atoms with E-state index in [1.165, 1.54) is 31.3 Å². The summed E-state index contributed by atoms with van der Waals surface area (Å²) in [5.74, 6) is 1.47. The number of amides is 1.